The van der Waals surface area contributed by atoms with Crippen molar-refractivity contribution in [1.29, 1.82) is 0 Å². The Bertz CT molecular complexity index is 405. The summed E-state index contributed by atoms with van der Waals surface area (Å²) in [7, 11) is 0. The van der Waals surface area contributed by atoms with Crippen molar-refractivity contribution in [2.75, 3.05) is 12.3 Å². The Labute approximate surface area is 99.8 Å². The van der Waals surface area contributed by atoms with E-state index in [9.17, 15) is 15.0 Å². The van der Waals surface area contributed by atoms with Crippen molar-refractivity contribution in [3.8, 4) is 0 Å². The number of aliphatic hydroxyl groups is 2. The first-order valence-corrected chi connectivity index (χ1v) is 5.36. The molecule has 0 radical (unpaired) electrons. The molecule has 0 aromatic heterocycles. The maximum Gasteiger partial charge on any atom is 0.338 e. The van der Waals surface area contributed by atoms with Gasteiger partial charge in [-0.25, -0.2) is 4.79 Å². The highest BCUT2D eigenvalue weighted by Gasteiger charge is 2.28. The SMILES string of the molecule is CCOC(=O)C(O)C(O)c1cccc(N)c1C. The number of hydrogen-bond acceptors (Lipinski definition) is 5. The van der Waals surface area contributed by atoms with Crippen molar-refractivity contribution in [3.63, 3.8) is 0 Å². The van der Waals surface area contributed by atoms with E-state index in [1.54, 1.807) is 32.0 Å². The normalized spacial score (nSPS) is 14.1. The van der Waals surface area contributed by atoms with Crippen LogP contribution in [0.4, 0.5) is 5.69 Å². The zero-order valence-corrected chi connectivity index (χ0v) is 9.88. The van der Waals surface area contributed by atoms with Crippen LogP contribution in [0.1, 0.15) is 24.2 Å². The predicted octanol–water partition coefficient (Wildman–Crippen LogP) is 0.535. The molecule has 0 amide bonds. The molecule has 94 valence electrons. The van der Waals surface area contributed by atoms with Crippen LogP contribution in [0.2, 0.25) is 0 Å². The Balaban J connectivity index is 2.92. The van der Waals surface area contributed by atoms with Crippen molar-refractivity contribution in [2.24, 2.45) is 0 Å². The Morgan fingerprint density at radius 1 is 1.47 bits per heavy atom. The van der Waals surface area contributed by atoms with Gasteiger partial charge >= 0.3 is 5.97 Å². The Morgan fingerprint density at radius 3 is 2.71 bits per heavy atom. The molecule has 2 unspecified atom stereocenters. The summed E-state index contributed by atoms with van der Waals surface area (Å²) >= 11 is 0. The minimum absolute atomic E-state index is 0.151. The summed E-state index contributed by atoms with van der Waals surface area (Å²) < 4.78 is 4.64. The van der Waals surface area contributed by atoms with Crippen LogP contribution in [-0.2, 0) is 9.53 Å². The zero-order chi connectivity index (χ0) is 13.0. The van der Waals surface area contributed by atoms with E-state index in [0.29, 0.717) is 16.8 Å². The van der Waals surface area contributed by atoms with E-state index in [0.717, 1.165) is 0 Å². The fraction of sp³-hybridized carbons (Fsp3) is 0.417. The van der Waals surface area contributed by atoms with Gasteiger partial charge in [0.25, 0.3) is 0 Å². The summed E-state index contributed by atoms with van der Waals surface area (Å²) in [6.07, 6.45) is -2.94. The van der Waals surface area contributed by atoms with Crippen LogP contribution in [0, 0.1) is 6.92 Å². The molecule has 0 spiro atoms. The quantitative estimate of drug-likeness (QED) is 0.526. The summed E-state index contributed by atoms with van der Waals surface area (Å²) in [4.78, 5) is 11.3. The number of aliphatic hydroxyl groups excluding tert-OH is 2. The van der Waals surface area contributed by atoms with E-state index in [4.69, 9.17) is 5.73 Å². The summed E-state index contributed by atoms with van der Waals surface area (Å²) in [6, 6.07) is 4.94. The lowest BCUT2D eigenvalue weighted by atomic mass is 9.98. The maximum absolute atomic E-state index is 11.3. The number of ether oxygens (including phenoxy) is 1. The van der Waals surface area contributed by atoms with Gasteiger partial charge in [0.1, 0.15) is 6.10 Å². The highest BCUT2D eigenvalue weighted by atomic mass is 16.5. The average molecular weight is 239 g/mol. The number of anilines is 1. The van der Waals surface area contributed by atoms with Crippen LogP contribution in [-0.4, -0.2) is 28.9 Å². The molecule has 0 saturated heterocycles. The molecule has 0 heterocycles. The Hall–Kier alpha value is -1.59. The van der Waals surface area contributed by atoms with E-state index >= 15 is 0 Å². The van der Waals surface area contributed by atoms with Gasteiger partial charge < -0.3 is 20.7 Å². The van der Waals surface area contributed by atoms with E-state index in [1.807, 2.05) is 0 Å². The number of carbonyl (C=O) groups excluding carboxylic acids is 1. The van der Waals surface area contributed by atoms with Gasteiger partial charge in [0.15, 0.2) is 6.10 Å². The molecule has 4 N–H and O–H groups in total. The molecule has 0 aliphatic carbocycles. The van der Waals surface area contributed by atoms with Gasteiger partial charge in [-0.2, -0.15) is 0 Å². The van der Waals surface area contributed by atoms with Crippen LogP contribution in [0.25, 0.3) is 0 Å². The van der Waals surface area contributed by atoms with Gasteiger partial charge in [-0.3, -0.25) is 0 Å². The summed E-state index contributed by atoms with van der Waals surface area (Å²) in [5.41, 5.74) is 7.25. The lowest BCUT2D eigenvalue weighted by molar-refractivity contribution is -0.159. The largest absolute Gasteiger partial charge is 0.464 e. The Morgan fingerprint density at radius 2 is 2.12 bits per heavy atom. The first-order chi connectivity index (χ1) is 7.99. The van der Waals surface area contributed by atoms with E-state index in [1.165, 1.54) is 0 Å². The molecule has 0 fully saturated rings. The topological polar surface area (TPSA) is 92.8 Å². The second-order valence-corrected chi connectivity index (χ2v) is 3.70. The summed E-state index contributed by atoms with van der Waals surface area (Å²) in [5.74, 6) is -0.846. The lowest BCUT2D eigenvalue weighted by Gasteiger charge is -2.19. The Kier molecular flexibility index (Phi) is 4.48. The average Bonchev–Trinajstić information content (AvgIpc) is 2.31. The van der Waals surface area contributed by atoms with Crippen molar-refractivity contribution in [1.82, 2.24) is 0 Å². The number of nitrogen functional groups attached to an aromatic ring is 1. The highest BCUT2D eigenvalue weighted by Crippen LogP contribution is 2.25. The van der Waals surface area contributed by atoms with Gasteiger partial charge in [-0.15, -0.1) is 0 Å². The van der Waals surface area contributed by atoms with Crippen molar-refractivity contribution in [2.45, 2.75) is 26.1 Å². The van der Waals surface area contributed by atoms with Gasteiger partial charge in [0.05, 0.1) is 6.61 Å². The minimum atomic E-state index is -1.60. The van der Waals surface area contributed by atoms with Crippen molar-refractivity contribution >= 4 is 11.7 Å². The van der Waals surface area contributed by atoms with Crippen LogP contribution in [0.5, 0.6) is 0 Å². The van der Waals surface area contributed by atoms with Crippen molar-refractivity contribution < 1.29 is 19.7 Å². The third-order valence-corrected chi connectivity index (χ3v) is 2.56. The highest BCUT2D eigenvalue weighted by molar-refractivity contribution is 5.75. The summed E-state index contributed by atoms with van der Waals surface area (Å²) in [6.45, 7) is 3.49. The second kappa shape index (κ2) is 5.65. The fourth-order valence-electron chi connectivity index (χ4n) is 1.52. The maximum atomic E-state index is 11.3. The molecule has 0 saturated carbocycles. The molecule has 2 atom stereocenters. The van der Waals surface area contributed by atoms with Crippen LogP contribution >= 0.6 is 0 Å². The number of benzene rings is 1. The fourth-order valence-corrected chi connectivity index (χ4v) is 1.52. The number of hydrogen-bond donors (Lipinski definition) is 3. The third-order valence-electron chi connectivity index (χ3n) is 2.56. The van der Waals surface area contributed by atoms with E-state index in [2.05, 4.69) is 4.74 Å². The van der Waals surface area contributed by atoms with Crippen LogP contribution in [0.15, 0.2) is 18.2 Å². The first kappa shape index (κ1) is 13.5. The third kappa shape index (κ3) is 2.95. The van der Waals surface area contributed by atoms with Crippen LogP contribution < -0.4 is 5.73 Å². The van der Waals surface area contributed by atoms with E-state index in [-0.39, 0.29) is 6.61 Å². The number of nitrogens with two attached hydrogens (primary N) is 1. The predicted molar refractivity (Wildman–Crippen MR) is 63.2 cm³/mol. The van der Waals surface area contributed by atoms with Gasteiger partial charge in [-0.1, -0.05) is 12.1 Å². The molecule has 0 aliphatic heterocycles. The zero-order valence-electron chi connectivity index (χ0n) is 9.88. The molecule has 1 aromatic carbocycles. The standard InChI is InChI=1S/C12H17NO4/c1-3-17-12(16)11(15)10(14)8-5-4-6-9(13)7(8)2/h4-6,10-11,14-15H,3,13H2,1-2H3. The number of carbonyl (C=O) groups is 1. The van der Waals surface area contributed by atoms with Gasteiger partial charge in [0.2, 0.25) is 0 Å². The lowest BCUT2D eigenvalue weighted by Crippen LogP contribution is -2.30. The second-order valence-electron chi connectivity index (χ2n) is 3.70. The van der Waals surface area contributed by atoms with Crippen LogP contribution in [0.3, 0.4) is 0 Å². The van der Waals surface area contributed by atoms with E-state index < -0.39 is 18.2 Å². The number of rotatable bonds is 4. The molecule has 0 bridgehead atoms. The smallest absolute Gasteiger partial charge is 0.338 e. The minimum Gasteiger partial charge on any atom is -0.464 e. The monoisotopic (exact) mass is 239 g/mol. The molecule has 1 aromatic rings. The van der Waals surface area contributed by atoms with Crippen molar-refractivity contribution in [3.05, 3.63) is 29.3 Å². The number of esters is 1. The summed E-state index contributed by atoms with van der Waals surface area (Å²) in [5, 5.41) is 19.5. The first-order valence-electron chi connectivity index (χ1n) is 5.36. The molecule has 17 heavy (non-hydrogen) atoms. The van der Waals surface area contributed by atoms with Gasteiger partial charge in [-0.05, 0) is 31.0 Å². The molecule has 1 rings (SSSR count). The molecule has 0 aliphatic rings. The molecular formula is C12H17NO4. The molecule has 5 heteroatoms. The van der Waals surface area contributed by atoms with Gasteiger partial charge in [0, 0.05) is 5.69 Å². The molecule has 5 nitrogen and oxygen atoms in total. The molecular weight excluding hydrogens is 222 g/mol.